The molecule has 0 fully saturated rings. The zero-order valence-corrected chi connectivity index (χ0v) is 26.7. The smallest absolute Gasteiger partial charge is 0.168 e. The Morgan fingerprint density at radius 2 is 0.851 bits per heavy atom. The minimum atomic E-state index is 0.0986. The molecule has 0 amide bonds. The second kappa shape index (κ2) is 13.5. The summed E-state index contributed by atoms with van der Waals surface area (Å²) in [5.41, 5.74) is 2.13. The molecule has 6 aromatic carbocycles. The van der Waals surface area contributed by atoms with Gasteiger partial charge in [0.2, 0.25) is 0 Å². The Morgan fingerprint density at radius 3 is 1.30 bits per heavy atom. The van der Waals surface area contributed by atoms with Crippen LogP contribution in [0.5, 0.6) is 17.2 Å². The van der Waals surface area contributed by atoms with Crippen molar-refractivity contribution < 1.29 is 14.6 Å². The third kappa shape index (κ3) is 5.95. The number of benzene rings is 6. The molecule has 0 aliphatic rings. The van der Waals surface area contributed by atoms with Crippen LogP contribution in [-0.2, 0) is 0 Å². The molecule has 0 aliphatic heterocycles. The van der Waals surface area contributed by atoms with Crippen molar-refractivity contribution in [1.82, 2.24) is 15.0 Å². The highest BCUT2D eigenvalue weighted by atomic mass is 16.5. The molecule has 0 saturated heterocycles. The van der Waals surface area contributed by atoms with Gasteiger partial charge in [0.05, 0.1) is 29.9 Å². The summed E-state index contributed by atoms with van der Waals surface area (Å²) in [6, 6.07) is 36.1. The number of ether oxygens (including phenoxy) is 2. The van der Waals surface area contributed by atoms with Crippen LogP contribution in [0.25, 0.3) is 66.5 Å². The maximum absolute atomic E-state index is 11.4. The molecule has 234 valence electrons. The zero-order chi connectivity index (χ0) is 32.2. The molecule has 7 rings (SSSR count). The lowest BCUT2D eigenvalue weighted by Gasteiger charge is -2.17. The van der Waals surface area contributed by atoms with Crippen molar-refractivity contribution in [3.8, 4) is 51.4 Å². The van der Waals surface area contributed by atoms with Crippen LogP contribution in [0, 0.1) is 0 Å². The highest BCUT2D eigenvalue weighted by Crippen LogP contribution is 2.42. The average Bonchev–Trinajstić information content (AvgIpc) is 3.11. The molecule has 0 bridgehead atoms. The Morgan fingerprint density at radius 1 is 0.468 bits per heavy atom. The molecule has 1 aromatic heterocycles. The van der Waals surface area contributed by atoms with E-state index in [1.165, 1.54) is 0 Å². The summed E-state index contributed by atoms with van der Waals surface area (Å²) in [6.07, 6.45) is 3.90. The van der Waals surface area contributed by atoms with E-state index in [1.807, 2.05) is 66.7 Å². The number of hydrogen-bond acceptors (Lipinski definition) is 6. The molecule has 0 aliphatic carbocycles. The molecular weight excluding hydrogens is 582 g/mol. The van der Waals surface area contributed by atoms with Crippen molar-refractivity contribution in [2.75, 3.05) is 13.2 Å². The number of phenolic OH excluding ortho intramolecular Hbond substituents is 1. The van der Waals surface area contributed by atoms with Crippen molar-refractivity contribution >= 4 is 32.3 Å². The number of nitrogens with zero attached hydrogens (tertiary/aromatic N) is 3. The quantitative estimate of drug-likeness (QED) is 0.145. The lowest BCUT2D eigenvalue weighted by Crippen LogP contribution is -2.05. The van der Waals surface area contributed by atoms with E-state index in [4.69, 9.17) is 24.4 Å². The van der Waals surface area contributed by atoms with E-state index >= 15 is 0 Å². The summed E-state index contributed by atoms with van der Waals surface area (Å²) in [7, 11) is 0. The Balaban J connectivity index is 1.56. The molecule has 1 heterocycles. The molecule has 47 heavy (non-hydrogen) atoms. The number of phenols is 1. The van der Waals surface area contributed by atoms with Crippen LogP contribution in [0.4, 0.5) is 0 Å². The van der Waals surface area contributed by atoms with Crippen LogP contribution in [0.15, 0.2) is 109 Å². The Kier molecular flexibility index (Phi) is 8.65. The minimum absolute atomic E-state index is 0.0986. The van der Waals surface area contributed by atoms with E-state index < -0.39 is 0 Å². The third-order valence-corrected chi connectivity index (χ3v) is 8.51. The van der Waals surface area contributed by atoms with Crippen LogP contribution in [0.3, 0.4) is 0 Å². The zero-order valence-electron chi connectivity index (χ0n) is 26.7. The van der Waals surface area contributed by atoms with Crippen molar-refractivity contribution in [3.05, 3.63) is 109 Å². The van der Waals surface area contributed by atoms with Gasteiger partial charge in [-0.1, -0.05) is 118 Å². The molecule has 7 aromatic rings. The molecule has 6 heteroatoms. The van der Waals surface area contributed by atoms with Crippen LogP contribution in [0.2, 0.25) is 0 Å². The van der Waals surface area contributed by atoms with E-state index in [0.29, 0.717) is 47.7 Å². The standard InChI is InChI=1S/C41H37N3O3/c1-3-5-25-46-34-23-20-28-14-8-11-17-31(28)37(34)40-42-39(36-30-16-10-7-13-27(30)19-22-33(36)45)43-41(44-40)38-32-18-12-9-15-29(32)21-24-35(38)47-26-6-4-2/h7-24,45H,3-6,25-26H2,1-2H3. The fourth-order valence-corrected chi connectivity index (χ4v) is 6.06. The van der Waals surface area contributed by atoms with Crippen molar-refractivity contribution in [3.63, 3.8) is 0 Å². The van der Waals surface area contributed by atoms with Crippen molar-refractivity contribution in [2.24, 2.45) is 0 Å². The minimum Gasteiger partial charge on any atom is -0.507 e. The number of aromatic hydroxyl groups is 1. The first kappa shape index (κ1) is 30.2. The molecule has 0 spiro atoms. The lowest BCUT2D eigenvalue weighted by molar-refractivity contribution is 0.310. The van der Waals surface area contributed by atoms with Gasteiger partial charge in [0.25, 0.3) is 0 Å². The van der Waals surface area contributed by atoms with Crippen molar-refractivity contribution in [1.29, 1.82) is 0 Å². The maximum Gasteiger partial charge on any atom is 0.168 e. The molecule has 0 unspecified atom stereocenters. The summed E-state index contributed by atoms with van der Waals surface area (Å²) >= 11 is 0. The van der Waals surface area contributed by atoms with Crippen LogP contribution < -0.4 is 9.47 Å². The third-order valence-electron chi connectivity index (χ3n) is 8.51. The van der Waals surface area contributed by atoms with Crippen molar-refractivity contribution in [2.45, 2.75) is 39.5 Å². The van der Waals surface area contributed by atoms with Gasteiger partial charge in [-0.25, -0.2) is 15.0 Å². The summed E-state index contributed by atoms with van der Waals surface area (Å²) in [4.78, 5) is 15.5. The van der Waals surface area contributed by atoms with Crippen LogP contribution in [0.1, 0.15) is 39.5 Å². The van der Waals surface area contributed by atoms with Gasteiger partial charge in [0.1, 0.15) is 17.2 Å². The summed E-state index contributed by atoms with van der Waals surface area (Å²) < 4.78 is 12.8. The highest BCUT2D eigenvalue weighted by Gasteiger charge is 2.23. The predicted molar refractivity (Wildman–Crippen MR) is 191 cm³/mol. The highest BCUT2D eigenvalue weighted by molar-refractivity contribution is 6.02. The maximum atomic E-state index is 11.4. The van der Waals surface area contributed by atoms with Gasteiger partial charge in [-0.3, -0.25) is 0 Å². The number of unbranched alkanes of at least 4 members (excludes halogenated alkanes) is 2. The van der Waals surface area contributed by atoms with Gasteiger partial charge in [0.15, 0.2) is 17.5 Å². The van der Waals surface area contributed by atoms with E-state index in [0.717, 1.165) is 69.1 Å². The van der Waals surface area contributed by atoms with E-state index in [1.54, 1.807) is 6.07 Å². The Hall–Kier alpha value is -5.49. The average molecular weight is 620 g/mol. The van der Waals surface area contributed by atoms with E-state index in [-0.39, 0.29) is 5.75 Å². The number of hydrogen-bond donors (Lipinski definition) is 1. The lowest BCUT2D eigenvalue weighted by atomic mass is 10.00. The first-order valence-electron chi connectivity index (χ1n) is 16.4. The first-order valence-corrected chi connectivity index (χ1v) is 16.4. The normalized spacial score (nSPS) is 11.4. The Bertz CT molecular complexity index is 2100. The fourth-order valence-electron chi connectivity index (χ4n) is 6.06. The van der Waals surface area contributed by atoms with Gasteiger partial charge in [0, 0.05) is 0 Å². The van der Waals surface area contributed by atoms with Gasteiger partial charge in [-0.05, 0) is 63.4 Å². The topological polar surface area (TPSA) is 77.4 Å². The summed E-state index contributed by atoms with van der Waals surface area (Å²) in [5.74, 6) is 2.82. The van der Waals surface area contributed by atoms with Crippen LogP contribution in [-0.4, -0.2) is 33.3 Å². The number of rotatable bonds is 11. The Labute approximate surface area is 274 Å². The van der Waals surface area contributed by atoms with Crippen LogP contribution >= 0.6 is 0 Å². The molecule has 0 saturated carbocycles. The number of aromatic nitrogens is 3. The SMILES string of the molecule is CCCCOc1ccc2ccccc2c1-c1nc(-c2c(O)ccc3ccccc23)nc(-c2c(OCCCC)ccc3ccccc23)n1. The van der Waals surface area contributed by atoms with Gasteiger partial charge in [-0.15, -0.1) is 0 Å². The molecular formula is C41H37N3O3. The van der Waals surface area contributed by atoms with Gasteiger partial charge < -0.3 is 14.6 Å². The summed E-state index contributed by atoms with van der Waals surface area (Å²) in [6.45, 7) is 5.46. The second-order valence-corrected chi connectivity index (χ2v) is 11.7. The monoisotopic (exact) mass is 619 g/mol. The largest absolute Gasteiger partial charge is 0.507 e. The number of fused-ring (bicyclic) bond motifs is 3. The predicted octanol–water partition coefficient (Wildman–Crippen LogP) is 10.4. The van der Waals surface area contributed by atoms with E-state index in [9.17, 15) is 5.11 Å². The first-order chi connectivity index (χ1) is 23.2. The summed E-state index contributed by atoms with van der Waals surface area (Å²) in [5, 5.41) is 17.3. The second-order valence-electron chi connectivity index (χ2n) is 11.7. The van der Waals surface area contributed by atoms with Gasteiger partial charge in [-0.2, -0.15) is 0 Å². The van der Waals surface area contributed by atoms with Gasteiger partial charge >= 0.3 is 0 Å². The molecule has 6 nitrogen and oxygen atoms in total. The van der Waals surface area contributed by atoms with E-state index in [2.05, 4.69) is 50.2 Å². The molecule has 0 radical (unpaired) electrons. The molecule has 1 N–H and O–H groups in total. The molecule has 0 atom stereocenters. The fraction of sp³-hybridized carbons (Fsp3) is 0.195.